The average Bonchev–Trinajstić information content (AvgIpc) is 3.47. The number of alkyl halides is 3. The molecule has 4 aromatic rings. The molecule has 0 aliphatic heterocycles. The highest BCUT2D eigenvalue weighted by Gasteiger charge is 2.37. The normalized spacial score (nSPS) is 19.4. The summed E-state index contributed by atoms with van der Waals surface area (Å²) in [6.07, 6.45) is -1.53. The average molecular weight is 561 g/mol. The smallest absolute Gasteiger partial charge is 0.406 e. The lowest BCUT2D eigenvalue weighted by Gasteiger charge is -2.21. The predicted molar refractivity (Wildman–Crippen MR) is 142 cm³/mol. The number of hydrogen-bond acceptors (Lipinski definition) is 10. The molecule has 1 saturated carbocycles. The minimum Gasteiger partial charge on any atom is -0.406 e. The molecule has 1 fully saturated rings. The molecule has 3 heterocycles. The number of nitrogens with zero attached hydrogens (tertiary/aromatic N) is 4. The van der Waals surface area contributed by atoms with Gasteiger partial charge in [-0.3, -0.25) is 4.98 Å². The van der Waals surface area contributed by atoms with Gasteiger partial charge in [-0.25, -0.2) is 9.97 Å². The van der Waals surface area contributed by atoms with E-state index in [2.05, 4.69) is 25.3 Å². The number of anilines is 2. The first-order chi connectivity index (χ1) is 18.5. The number of halogens is 3. The molecule has 3 aromatic heterocycles. The molecule has 0 amide bonds. The first-order valence-corrected chi connectivity index (χ1v) is 13.1. The van der Waals surface area contributed by atoms with Crippen LogP contribution in [-0.2, 0) is 6.54 Å². The molecule has 9 nitrogen and oxygen atoms in total. The van der Waals surface area contributed by atoms with Gasteiger partial charge < -0.3 is 25.6 Å². The maximum Gasteiger partial charge on any atom is 0.573 e. The van der Waals surface area contributed by atoms with Gasteiger partial charge in [0.2, 0.25) is 5.95 Å². The van der Waals surface area contributed by atoms with Gasteiger partial charge in [-0.1, -0.05) is 12.1 Å². The van der Waals surface area contributed by atoms with E-state index in [1.54, 1.807) is 6.20 Å². The van der Waals surface area contributed by atoms with Gasteiger partial charge in [0.05, 0.1) is 33.9 Å². The number of thiazole rings is 1. The van der Waals surface area contributed by atoms with E-state index in [0.717, 1.165) is 26.5 Å². The van der Waals surface area contributed by atoms with Crippen LogP contribution < -0.4 is 15.4 Å². The highest BCUT2D eigenvalue weighted by Crippen LogP contribution is 2.39. The SMILES string of the molecule is Cc1nc(NCc2ccc(OC(F)(F)F)cc2)nc(NC2CCC(O)(CO)C2)c1-c1nc2c(C)nccc2s1. The molecule has 0 radical (unpaired) electrons. The van der Waals surface area contributed by atoms with Crippen LogP contribution in [0, 0.1) is 13.8 Å². The number of ether oxygens (including phenoxy) is 1. The molecule has 39 heavy (non-hydrogen) atoms. The second-order valence-electron chi connectivity index (χ2n) is 9.63. The zero-order valence-corrected chi connectivity index (χ0v) is 22.0. The Morgan fingerprint density at radius 2 is 1.87 bits per heavy atom. The second kappa shape index (κ2) is 10.5. The van der Waals surface area contributed by atoms with Gasteiger partial charge in [-0.2, -0.15) is 4.98 Å². The Balaban J connectivity index is 1.43. The quantitative estimate of drug-likeness (QED) is 0.237. The van der Waals surface area contributed by atoms with E-state index in [9.17, 15) is 23.4 Å². The Bertz CT molecular complexity index is 1480. The zero-order chi connectivity index (χ0) is 27.8. The van der Waals surface area contributed by atoms with Gasteiger partial charge in [-0.05, 0) is 56.9 Å². The fraction of sp³-hybridized carbons (Fsp3) is 0.385. The van der Waals surface area contributed by atoms with Crippen LogP contribution in [0.4, 0.5) is 24.9 Å². The summed E-state index contributed by atoms with van der Waals surface area (Å²) in [5, 5.41) is 27.4. The summed E-state index contributed by atoms with van der Waals surface area (Å²) in [6, 6.07) is 7.34. The van der Waals surface area contributed by atoms with Crippen molar-refractivity contribution in [3.8, 4) is 16.3 Å². The van der Waals surface area contributed by atoms with Crippen LogP contribution in [0.3, 0.4) is 0 Å². The maximum absolute atomic E-state index is 12.4. The van der Waals surface area contributed by atoms with Crippen molar-refractivity contribution in [2.24, 2.45) is 0 Å². The van der Waals surface area contributed by atoms with Crippen molar-refractivity contribution in [2.45, 2.75) is 57.7 Å². The summed E-state index contributed by atoms with van der Waals surface area (Å²) in [6.45, 7) is 3.71. The number of benzene rings is 1. The Morgan fingerprint density at radius 1 is 1.10 bits per heavy atom. The van der Waals surface area contributed by atoms with E-state index in [4.69, 9.17) is 9.97 Å². The van der Waals surface area contributed by atoms with E-state index in [-0.39, 0.29) is 24.9 Å². The first kappa shape index (κ1) is 27.0. The molecule has 5 rings (SSSR count). The summed E-state index contributed by atoms with van der Waals surface area (Å²) < 4.78 is 42.2. The molecule has 2 atom stereocenters. The molecule has 0 spiro atoms. The summed E-state index contributed by atoms with van der Waals surface area (Å²) in [5.74, 6) is 0.564. The first-order valence-electron chi connectivity index (χ1n) is 12.3. The molecule has 1 aliphatic rings. The Kier molecular flexibility index (Phi) is 7.31. The molecular weight excluding hydrogens is 533 g/mol. The molecule has 0 saturated heterocycles. The Labute approximate surface area is 226 Å². The molecule has 1 aliphatic carbocycles. The molecular formula is C26H27F3N6O3S. The van der Waals surface area contributed by atoms with Gasteiger partial charge in [0, 0.05) is 18.8 Å². The van der Waals surface area contributed by atoms with Crippen molar-refractivity contribution in [1.29, 1.82) is 0 Å². The minimum absolute atomic E-state index is 0.123. The van der Waals surface area contributed by atoms with E-state index < -0.39 is 12.0 Å². The predicted octanol–water partition coefficient (Wildman–Crippen LogP) is 4.96. The highest BCUT2D eigenvalue weighted by molar-refractivity contribution is 7.21. The van der Waals surface area contributed by atoms with Gasteiger partial charge >= 0.3 is 6.36 Å². The van der Waals surface area contributed by atoms with Gasteiger partial charge in [0.15, 0.2) is 0 Å². The van der Waals surface area contributed by atoms with Crippen molar-refractivity contribution in [1.82, 2.24) is 19.9 Å². The van der Waals surface area contributed by atoms with Crippen LogP contribution in [0.1, 0.15) is 36.2 Å². The molecule has 2 unspecified atom stereocenters. The van der Waals surface area contributed by atoms with Crippen molar-refractivity contribution in [2.75, 3.05) is 17.2 Å². The number of aromatic nitrogens is 4. The van der Waals surface area contributed by atoms with Crippen LogP contribution in [0.25, 0.3) is 20.8 Å². The number of pyridine rings is 1. The summed E-state index contributed by atoms with van der Waals surface area (Å²) in [4.78, 5) is 18.5. The topological polar surface area (TPSA) is 125 Å². The molecule has 13 heteroatoms. The number of aryl methyl sites for hydroxylation is 2. The van der Waals surface area contributed by atoms with Crippen LogP contribution in [0.2, 0.25) is 0 Å². The Morgan fingerprint density at radius 3 is 2.54 bits per heavy atom. The third-order valence-corrected chi connectivity index (χ3v) is 7.66. The molecule has 4 N–H and O–H groups in total. The van der Waals surface area contributed by atoms with E-state index in [1.807, 2.05) is 19.9 Å². The van der Waals surface area contributed by atoms with Crippen LogP contribution in [-0.4, -0.2) is 54.8 Å². The van der Waals surface area contributed by atoms with E-state index >= 15 is 0 Å². The number of rotatable bonds is 8. The second-order valence-corrected chi connectivity index (χ2v) is 10.7. The van der Waals surface area contributed by atoms with Crippen molar-refractivity contribution in [3.63, 3.8) is 0 Å². The van der Waals surface area contributed by atoms with E-state index in [1.165, 1.54) is 35.6 Å². The number of fused-ring (bicyclic) bond motifs is 1. The zero-order valence-electron chi connectivity index (χ0n) is 21.2. The lowest BCUT2D eigenvalue weighted by Crippen LogP contribution is -2.31. The van der Waals surface area contributed by atoms with Crippen molar-refractivity contribution >= 4 is 33.3 Å². The van der Waals surface area contributed by atoms with Crippen LogP contribution in [0.5, 0.6) is 5.75 Å². The Hall–Kier alpha value is -3.55. The number of aliphatic hydroxyl groups is 2. The monoisotopic (exact) mass is 560 g/mol. The molecule has 1 aromatic carbocycles. The van der Waals surface area contributed by atoms with Gasteiger partial charge in [0.1, 0.15) is 22.1 Å². The van der Waals surface area contributed by atoms with E-state index in [0.29, 0.717) is 42.3 Å². The highest BCUT2D eigenvalue weighted by atomic mass is 32.1. The summed E-state index contributed by atoms with van der Waals surface area (Å²) in [5.41, 5.74) is 2.60. The number of aliphatic hydroxyl groups excluding tert-OH is 1. The summed E-state index contributed by atoms with van der Waals surface area (Å²) >= 11 is 1.50. The summed E-state index contributed by atoms with van der Waals surface area (Å²) in [7, 11) is 0. The standard InChI is InChI=1S/C26H27F3N6O3S/c1-14-20(23-34-21-15(2)30-10-8-19(21)39-23)22(33-17-7-9-25(37,11-17)13-36)35-24(32-14)31-12-16-3-5-18(6-4-16)38-26(27,28)29/h3-6,8,10,17,36-37H,7,9,11-13H2,1-2H3,(H2,31,32,33,35). The fourth-order valence-corrected chi connectivity index (χ4v) is 5.77. The van der Waals surface area contributed by atoms with Crippen LogP contribution in [0.15, 0.2) is 36.5 Å². The van der Waals surface area contributed by atoms with Crippen molar-refractivity contribution in [3.05, 3.63) is 53.5 Å². The largest absolute Gasteiger partial charge is 0.573 e. The third kappa shape index (κ3) is 6.21. The third-order valence-electron chi connectivity index (χ3n) is 6.62. The van der Waals surface area contributed by atoms with Crippen LogP contribution >= 0.6 is 11.3 Å². The fourth-order valence-electron chi connectivity index (χ4n) is 4.66. The molecule has 0 bridgehead atoms. The lowest BCUT2D eigenvalue weighted by molar-refractivity contribution is -0.274. The van der Waals surface area contributed by atoms with Gasteiger partial charge in [-0.15, -0.1) is 24.5 Å². The number of nitrogens with one attached hydrogen (secondary N) is 2. The molecule has 206 valence electrons. The number of hydrogen-bond donors (Lipinski definition) is 4. The lowest BCUT2D eigenvalue weighted by atomic mass is 10.0. The van der Waals surface area contributed by atoms with Crippen molar-refractivity contribution < 1.29 is 28.1 Å². The van der Waals surface area contributed by atoms with Gasteiger partial charge in [0.25, 0.3) is 0 Å². The maximum atomic E-state index is 12.4. The minimum atomic E-state index is -4.75.